The Bertz CT molecular complexity index is 222. The van der Waals surface area contributed by atoms with Gasteiger partial charge in [0, 0.05) is 18.4 Å². The van der Waals surface area contributed by atoms with Crippen LogP contribution < -0.4 is 5.32 Å². The van der Waals surface area contributed by atoms with Crippen molar-refractivity contribution in [3.63, 3.8) is 0 Å². The van der Waals surface area contributed by atoms with Crippen molar-refractivity contribution in [1.29, 1.82) is 0 Å². The zero-order valence-electron chi connectivity index (χ0n) is 7.94. The van der Waals surface area contributed by atoms with E-state index in [0.717, 1.165) is 13.0 Å². The first-order valence-corrected chi connectivity index (χ1v) is 4.83. The third-order valence-corrected chi connectivity index (χ3v) is 4.02. The molecule has 2 nitrogen and oxygen atoms in total. The summed E-state index contributed by atoms with van der Waals surface area (Å²) in [7, 11) is 0. The molecule has 1 amide bonds. The van der Waals surface area contributed by atoms with Crippen LogP contribution in [0.4, 0.5) is 0 Å². The highest BCUT2D eigenvalue weighted by atomic mass is 16.1. The number of hydrogen-bond donors (Lipinski definition) is 1. The van der Waals surface area contributed by atoms with Crippen molar-refractivity contribution in [1.82, 2.24) is 5.32 Å². The van der Waals surface area contributed by atoms with Crippen molar-refractivity contribution in [2.75, 3.05) is 6.54 Å². The van der Waals surface area contributed by atoms with Crippen LogP contribution in [0.15, 0.2) is 0 Å². The molecular formula is C10H17NO. The van der Waals surface area contributed by atoms with Crippen molar-refractivity contribution in [2.24, 2.45) is 10.8 Å². The van der Waals surface area contributed by atoms with E-state index in [4.69, 9.17) is 0 Å². The van der Waals surface area contributed by atoms with Crippen molar-refractivity contribution in [3.8, 4) is 0 Å². The summed E-state index contributed by atoms with van der Waals surface area (Å²) in [5.74, 6) is 0.255. The molecule has 1 aliphatic heterocycles. The predicted octanol–water partition coefficient (Wildman–Crippen LogP) is 1.70. The van der Waals surface area contributed by atoms with E-state index >= 15 is 0 Å². The molecule has 2 heteroatoms. The molecule has 68 valence electrons. The second-order valence-electron chi connectivity index (χ2n) is 4.97. The van der Waals surface area contributed by atoms with Crippen LogP contribution in [0.1, 0.15) is 39.5 Å². The molecule has 1 heterocycles. The van der Waals surface area contributed by atoms with Gasteiger partial charge in [0.15, 0.2) is 0 Å². The van der Waals surface area contributed by atoms with E-state index in [2.05, 4.69) is 19.2 Å². The number of carbonyl (C=O) groups excluding carboxylic acids is 1. The van der Waals surface area contributed by atoms with Gasteiger partial charge in [0.25, 0.3) is 0 Å². The van der Waals surface area contributed by atoms with Gasteiger partial charge in [-0.15, -0.1) is 0 Å². The van der Waals surface area contributed by atoms with Crippen molar-refractivity contribution in [2.45, 2.75) is 39.5 Å². The maximum absolute atomic E-state index is 11.2. The van der Waals surface area contributed by atoms with Crippen LogP contribution in [0, 0.1) is 10.8 Å². The van der Waals surface area contributed by atoms with Gasteiger partial charge in [-0.3, -0.25) is 4.79 Å². The molecule has 12 heavy (non-hydrogen) atoms. The van der Waals surface area contributed by atoms with Crippen LogP contribution in [0.2, 0.25) is 0 Å². The van der Waals surface area contributed by atoms with Crippen LogP contribution in [-0.4, -0.2) is 12.5 Å². The van der Waals surface area contributed by atoms with E-state index in [1.165, 1.54) is 19.3 Å². The number of nitrogens with one attached hydrogen (secondary N) is 1. The van der Waals surface area contributed by atoms with Crippen LogP contribution in [0.3, 0.4) is 0 Å². The van der Waals surface area contributed by atoms with Crippen LogP contribution in [0.5, 0.6) is 0 Å². The molecule has 1 atom stereocenters. The number of carbonyl (C=O) groups is 1. The molecule has 1 saturated heterocycles. The zero-order chi connectivity index (χ0) is 8.82. The smallest absolute Gasteiger partial charge is 0.220 e. The van der Waals surface area contributed by atoms with Crippen molar-refractivity contribution in [3.05, 3.63) is 0 Å². The maximum atomic E-state index is 11.2. The Morgan fingerprint density at radius 1 is 1.33 bits per heavy atom. The minimum Gasteiger partial charge on any atom is -0.355 e. The van der Waals surface area contributed by atoms with Gasteiger partial charge in [0.2, 0.25) is 5.91 Å². The molecule has 0 bridgehead atoms. The van der Waals surface area contributed by atoms with Crippen LogP contribution >= 0.6 is 0 Å². The Balaban J connectivity index is 2.26. The molecule has 2 rings (SSSR count). The molecule has 0 radical (unpaired) electrons. The van der Waals surface area contributed by atoms with E-state index in [0.29, 0.717) is 10.8 Å². The van der Waals surface area contributed by atoms with Crippen LogP contribution in [-0.2, 0) is 4.79 Å². The van der Waals surface area contributed by atoms with Crippen molar-refractivity contribution >= 4 is 5.91 Å². The summed E-state index contributed by atoms with van der Waals surface area (Å²) >= 11 is 0. The fourth-order valence-electron chi connectivity index (χ4n) is 2.83. The summed E-state index contributed by atoms with van der Waals surface area (Å²) in [6.45, 7) is 5.53. The minimum absolute atomic E-state index is 0.255. The molecular weight excluding hydrogens is 150 g/mol. The van der Waals surface area contributed by atoms with Gasteiger partial charge < -0.3 is 5.32 Å². The molecule has 2 fully saturated rings. The van der Waals surface area contributed by atoms with E-state index in [9.17, 15) is 4.79 Å². The van der Waals surface area contributed by atoms with Gasteiger partial charge in [-0.05, 0) is 18.3 Å². The van der Waals surface area contributed by atoms with E-state index in [-0.39, 0.29) is 5.91 Å². The fraction of sp³-hybridized carbons (Fsp3) is 0.900. The quantitative estimate of drug-likeness (QED) is 0.584. The first-order valence-electron chi connectivity index (χ1n) is 4.83. The lowest BCUT2D eigenvalue weighted by atomic mass is 9.67. The molecule has 1 saturated carbocycles. The lowest BCUT2D eigenvalue weighted by molar-refractivity contribution is -0.120. The van der Waals surface area contributed by atoms with E-state index in [1.54, 1.807) is 0 Å². The highest BCUT2D eigenvalue weighted by Crippen LogP contribution is 2.55. The first-order chi connectivity index (χ1) is 5.56. The Hall–Kier alpha value is -0.530. The van der Waals surface area contributed by atoms with Gasteiger partial charge in [-0.2, -0.15) is 0 Å². The summed E-state index contributed by atoms with van der Waals surface area (Å²) < 4.78 is 0. The van der Waals surface area contributed by atoms with Crippen LogP contribution in [0.25, 0.3) is 0 Å². The Labute approximate surface area is 73.7 Å². The van der Waals surface area contributed by atoms with Gasteiger partial charge in [-0.25, -0.2) is 0 Å². The third-order valence-electron chi connectivity index (χ3n) is 4.02. The predicted molar refractivity (Wildman–Crippen MR) is 47.7 cm³/mol. The standard InChI is InChI=1S/C10H17NO/c1-9(2)4-3-5-10(9)6-8(12)11-7-10/h3-7H2,1-2H3,(H,11,12). The van der Waals surface area contributed by atoms with Gasteiger partial charge >= 0.3 is 0 Å². The summed E-state index contributed by atoms with van der Waals surface area (Å²) in [4.78, 5) is 11.2. The highest BCUT2D eigenvalue weighted by Gasteiger charge is 2.52. The number of amides is 1. The van der Waals surface area contributed by atoms with E-state index < -0.39 is 0 Å². The number of rotatable bonds is 0. The Kier molecular flexibility index (Phi) is 1.51. The average molecular weight is 167 g/mol. The summed E-state index contributed by atoms with van der Waals surface area (Å²) in [6, 6.07) is 0. The average Bonchev–Trinajstić information content (AvgIpc) is 2.43. The summed E-state index contributed by atoms with van der Waals surface area (Å²) in [5.41, 5.74) is 0.663. The minimum atomic E-state index is 0.255. The topological polar surface area (TPSA) is 29.1 Å². The highest BCUT2D eigenvalue weighted by molar-refractivity contribution is 5.79. The van der Waals surface area contributed by atoms with Gasteiger partial charge in [0.05, 0.1) is 0 Å². The summed E-state index contributed by atoms with van der Waals surface area (Å²) in [6.07, 6.45) is 4.57. The monoisotopic (exact) mass is 167 g/mol. The largest absolute Gasteiger partial charge is 0.355 e. The van der Waals surface area contributed by atoms with Crippen molar-refractivity contribution < 1.29 is 4.79 Å². The normalized spacial score (nSPS) is 39.0. The van der Waals surface area contributed by atoms with E-state index in [1.807, 2.05) is 0 Å². The molecule has 1 spiro atoms. The summed E-state index contributed by atoms with van der Waals surface area (Å²) in [5, 5.41) is 2.97. The van der Waals surface area contributed by atoms with Gasteiger partial charge in [0.1, 0.15) is 0 Å². The number of hydrogen-bond acceptors (Lipinski definition) is 1. The molecule has 1 N–H and O–H groups in total. The molecule has 2 aliphatic rings. The van der Waals surface area contributed by atoms with Gasteiger partial charge in [-0.1, -0.05) is 20.3 Å². The fourth-order valence-corrected chi connectivity index (χ4v) is 2.83. The lowest BCUT2D eigenvalue weighted by Crippen LogP contribution is -2.34. The molecule has 1 aliphatic carbocycles. The SMILES string of the molecule is CC1(C)CCCC12CNC(=O)C2. The zero-order valence-corrected chi connectivity index (χ0v) is 7.94. The molecule has 1 unspecified atom stereocenters. The molecule has 0 aromatic rings. The Morgan fingerprint density at radius 3 is 2.50 bits per heavy atom. The third kappa shape index (κ3) is 0.900. The lowest BCUT2D eigenvalue weighted by Gasteiger charge is -2.36. The molecule has 0 aromatic heterocycles. The molecule has 0 aromatic carbocycles. The second-order valence-corrected chi connectivity index (χ2v) is 4.97. The Morgan fingerprint density at radius 2 is 2.08 bits per heavy atom. The second kappa shape index (κ2) is 2.24. The maximum Gasteiger partial charge on any atom is 0.220 e. The first kappa shape index (κ1) is 8.09.